The maximum absolute atomic E-state index is 12.1. The lowest BCUT2D eigenvalue weighted by molar-refractivity contribution is 0.0697. The lowest BCUT2D eigenvalue weighted by atomic mass is 10.0. The highest BCUT2D eigenvalue weighted by Gasteiger charge is 2.28. The number of methoxy groups -OCH3 is 1. The second kappa shape index (κ2) is 9.35. The molecule has 0 fully saturated rings. The Kier molecular flexibility index (Phi) is 6.32. The molecular weight excluding hydrogens is 432 g/mol. The fourth-order valence-corrected chi connectivity index (χ4v) is 4.22. The molecule has 6 heteroatoms. The number of carboxylic acids is 1. The maximum Gasteiger partial charge on any atom is 0.337 e. The molecule has 0 atom stereocenters. The molecule has 0 amide bonds. The summed E-state index contributed by atoms with van der Waals surface area (Å²) in [5.74, 6) is 0.0508. The van der Waals surface area contributed by atoms with E-state index in [-0.39, 0.29) is 23.0 Å². The van der Waals surface area contributed by atoms with Crippen LogP contribution in [0, 0.1) is 5.92 Å². The zero-order chi connectivity index (χ0) is 24.4. The van der Waals surface area contributed by atoms with E-state index in [2.05, 4.69) is 0 Å². The Morgan fingerprint density at radius 3 is 2.12 bits per heavy atom. The standard InChI is InChI=1S/C28H27NO5/c1-17(2)16-24-27(31)25(18-10-14-21(34-3)15-11-18)26(19-8-12-20(30)13-9-19)29(24)23-7-5-4-6-22(23)28(32)33/h4-15,17,30-31H,16H2,1-3H3,(H,32,33)/i26+1,29+1. The Morgan fingerprint density at radius 1 is 0.912 bits per heavy atom. The van der Waals surface area contributed by atoms with Gasteiger partial charge in [0.1, 0.15) is 17.2 Å². The molecule has 1 aromatic heterocycles. The summed E-state index contributed by atoms with van der Waals surface area (Å²) >= 11 is 0. The largest absolute Gasteiger partial charge is 0.508 e. The summed E-state index contributed by atoms with van der Waals surface area (Å²) in [6, 6.07) is 20.8. The van der Waals surface area contributed by atoms with Crippen LogP contribution in [0.5, 0.6) is 17.2 Å². The van der Waals surface area contributed by atoms with Gasteiger partial charge >= 0.3 is 5.97 Å². The van der Waals surface area contributed by atoms with Crippen molar-refractivity contribution in [1.29, 1.82) is 0 Å². The molecule has 0 saturated carbocycles. The molecule has 1 heterocycles. The highest BCUT2D eigenvalue weighted by molar-refractivity contribution is 5.95. The minimum Gasteiger partial charge on any atom is -0.508 e. The van der Waals surface area contributed by atoms with Crippen molar-refractivity contribution in [3.05, 3.63) is 84.1 Å². The molecule has 0 aliphatic carbocycles. The molecule has 0 aliphatic heterocycles. The zero-order valence-electron chi connectivity index (χ0n) is 19.3. The van der Waals surface area contributed by atoms with Gasteiger partial charge < -0.3 is 24.6 Å². The SMILES string of the molecule is COc1ccc(-c2c(O)c(CC(C)C)[15n](-c3ccccc3C(=O)O)[13c]2-c2ccc(O)cc2)cc1. The molecule has 0 unspecified atom stereocenters. The number of para-hydroxylation sites is 1. The van der Waals surface area contributed by atoms with E-state index in [1.54, 1.807) is 55.6 Å². The van der Waals surface area contributed by atoms with Gasteiger partial charge in [0.25, 0.3) is 0 Å². The smallest absolute Gasteiger partial charge is 0.337 e. The fourth-order valence-electron chi connectivity index (χ4n) is 4.22. The van der Waals surface area contributed by atoms with Crippen LogP contribution in [0.3, 0.4) is 0 Å². The first-order valence-electron chi connectivity index (χ1n) is 11.0. The van der Waals surface area contributed by atoms with E-state index >= 15 is 0 Å². The monoisotopic (exact) mass is 459 g/mol. The summed E-state index contributed by atoms with van der Waals surface area (Å²) in [5.41, 5.74) is 3.94. The summed E-state index contributed by atoms with van der Waals surface area (Å²) in [6.07, 6.45) is 0.529. The lowest BCUT2D eigenvalue weighted by Crippen LogP contribution is -2.10. The number of rotatable bonds is 7. The minimum atomic E-state index is -1.05. The van der Waals surface area contributed by atoms with Crippen LogP contribution < -0.4 is 4.74 Å². The summed E-state index contributed by atoms with van der Waals surface area (Å²) in [6.45, 7) is 4.10. The molecule has 4 rings (SSSR count). The summed E-state index contributed by atoms with van der Waals surface area (Å²) < 4.78 is 7.13. The average molecular weight is 460 g/mol. The van der Waals surface area contributed by atoms with Gasteiger partial charge in [-0.3, -0.25) is 0 Å². The van der Waals surface area contributed by atoms with Crippen molar-refractivity contribution in [3.8, 4) is 45.3 Å². The molecule has 34 heavy (non-hydrogen) atoms. The Hall–Kier alpha value is -4.19. The summed E-state index contributed by atoms with van der Waals surface area (Å²) in [4.78, 5) is 12.1. The number of hydrogen-bond donors (Lipinski definition) is 3. The molecule has 0 radical (unpaired) electrons. The molecular formula is C28H27NO5. The number of ether oxygens (including phenoxy) is 1. The third-order valence-electron chi connectivity index (χ3n) is 5.74. The highest BCUT2D eigenvalue weighted by atomic mass is 16.5. The quantitative estimate of drug-likeness (QED) is 0.309. The molecule has 0 aliphatic rings. The number of aromatic nitrogens is 1. The van der Waals surface area contributed by atoms with E-state index in [0.717, 1.165) is 11.1 Å². The molecule has 174 valence electrons. The van der Waals surface area contributed by atoms with Crippen molar-refractivity contribution in [3.63, 3.8) is 0 Å². The van der Waals surface area contributed by atoms with Gasteiger partial charge in [0.2, 0.25) is 0 Å². The van der Waals surface area contributed by atoms with Crippen LogP contribution in [0.4, 0.5) is 0 Å². The number of phenols is 1. The van der Waals surface area contributed by atoms with Crippen molar-refractivity contribution >= 4 is 5.97 Å². The third-order valence-corrected chi connectivity index (χ3v) is 5.74. The van der Waals surface area contributed by atoms with E-state index in [4.69, 9.17) is 4.74 Å². The van der Waals surface area contributed by atoms with Crippen molar-refractivity contribution in [2.24, 2.45) is 5.92 Å². The van der Waals surface area contributed by atoms with Gasteiger partial charge in [-0.25, -0.2) is 4.79 Å². The van der Waals surface area contributed by atoms with E-state index in [9.17, 15) is 20.1 Å². The first-order chi connectivity index (χ1) is 16.3. The minimum absolute atomic E-state index is 0.0992. The number of benzene rings is 3. The van der Waals surface area contributed by atoms with Gasteiger partial charge in [-0.1, -0.05) is 38.1 Å². The molecule has 0 spiro atoms. The second-order valence-electron chi connectivity index (χ2n) is 8.55. The summed E-state index contributed by atoms with van der Waals surface area (Å²) in [7, 11) is 1.59. The van der Waals surface area contributed by atoms with Crippen LogP contribution in [0.2, 0.25) is 0 Å². The average Bonchev–Trinajstić information content (AvgIpc) is 3.10. The van der Waals surface area contributed by atoms with Crippen molar-refractivity contribution < 1.29 is 24.9 Å². The molecule has 4 aromatic rings. The normalized spacial score (nSPS) is 11.1. The maximum atomic E-state index is 12.1. The van der Waals surface area contributed by atoms with Gasteiger partial charge in [0.05, 0.1) is 35.3 Å². The van der Waals surface area contributed by atoms with E-state index < -0.39 is 5.97 Å². The molecule has 6 nitrogen and oxygen atoms in total. The first kappa shape index (κ1) is 23.0. The molecule has 0 saturated heterocycles. The van der Waals surface area contributed by atoms with Crippen LogP contribution in [0.1, 0.15) is 29.9 Å². The van der Waals surface area contributed by atoms with Gasteiger partial charge in [-0.2, -0.15) is 0 Å². The number of hydrogen-bond acceptors (Lipinski definition) is 4. The Morgan fingerprint density at radius 2 is 1.53 bits per heavy atom. The Labute approximate surface area is 198 Å². The molecule has 3 aromatic carbocycles. The topological polar surface area (TPSA) is 91.9 Å². The number of aromatic hydroxyl groups is 2. The van der Waals surface area contributed by atoms with Crippen LogP contribution in [-0.4, -0.2) is 33.0 Å². The number of nitrogens with zero attached hydrogens (tertiary/aromatic N) is 1. The Bertz CT molecular complexity index is 1320. The van der Waals surface area contributed by atoms with Crippen LogP contribution >= 0.6 is 0 Å². The van der Waals surface area contributed by atoms with E-state index in [1.165, 1.54) is 0 Å². The van der Waals surface area contributed by atoms with Crippen molar-refractivity contribution in [2.75, 3.05) is 7.11 Å². The van der Waals surface area contributed by atoms with Gasteiger partial charge in [0, 0.05) is 0 Å². The second-order valence-corrected chi connectivity index (χ2v) is 8.55. The zero-order valence-corrected chi connectivity index (χ0v) is 19.3. The number of aromatic carboxylic acids is 1. The number of phenolic OH excluding ortho intramolecular Hbond substituents is 1. The number of carboxylic acid groups (broad SMARTS) is 1. The van der Waals surface area contributed by atoms with Gasteiger partial charge in [-0.15, -0.1) is 0 Å². The van der Waals surface area contributed by atoms with Gasteiger partial charge in [0.15, 0.2) is 0 Å². The van der Waals surface area contributed by atoms with E-state index in [0.29, 0.717) is 34.8 Å². The summed E-state index contributed by atoms with van der Waals surface area (Å²) in [5, 5.41) is 31.4. The highest BCUT2D eigenvalue weighted by Crippen LogP contribution is 2.46. The van der Waals surface area contributed by atoms with Crippen molar-refractivity contribution in [2.45, 2.75) is 20.3 Å². The molecule has 0 bridgehead atoms. The van der Waals surface area contributed by atoms with Crippen LogP contribution in [0.25, 0.3) is 28.1 Å². The Balaban J connectivity index is 2.14. The van der Waals surface area contributed by atoms with Crippen LogP contribution in [0.15, 0.2) is 72.8 Å². The third kappa shape index (κ3) is 4.22. The lowest BCUT2D eigenvalue weighted by Gasteiger charge is -2.17. The number of carbonyl (C=O) groups is 1. The van der Waals surface area contributed by atoms with Gasteiger partial charge in [-0.05, 0) is 72.0 Å². The van der Waals surface area contributed by atoms with Crippen LogP contribution in [-0.2, 0) is 6.42 Å². The van der Waals surface area contributed by atoms with E-state index in [1.807, 2.05) is 42.7 Å². The molecule has 3 N–H and O–H groups in total. The fraction of sp³-hybridized carbons (Fsp3) is 0.179. The first-order valence-corrected chi connectivity index (χ1v) is 11.0. The predicted octanol–water partition coefficient (Wildman–Crippen LogP) is 6.13. The predicted molar refractivity (Wildman–Crippen MR) is 132 cm³/mol. The van der Waals surface area contributed by atoms with Crippen molar-refractivity contribution in [1.82, 2.24) is 4.57 Å².